The second-order valence-electron chi connectivity index (χ2n) is 6.59. The Hall–Kier alpha value is -0.930. The summed E-state index contributed by atoms with van der Waals surface area (Å²) in [6.45, 7) is 8.44. The zero-order chi connectivity index (χ0) is 13.8. The zero-order valence-electron chi connectivity index (χ0n) is 12.7. The van der Waals surface area contributed by atoms with Crippen molar-refractivity contribution >= 4 is 0 Å². The molecule has 3 nitrogen and oxygen atoms in total. The van der Waals surface area contributed by atoms with Crippen LogP contribution in [0.4, 0.5) is 0 Å². The van der Waals surface area contributed by atoms with Gasteiger partial charge in [0.1, 0.15) is 0 Å². The van der Waals surface area contributed by atoms with E-state index < -0.39 is 0 Å². The number of hydrogen-bond donors (Lipinski definition) is 0. The van der Waals surface area contributed by atoms with Crippen molar-refractivity contribution in [3.8, 4) is 0 Å². The van der Waals surface area contributed by atoms with Gasteiger partial charge in [-0.2, -0.15) is 0 Å². The average molecular weight is 273 g/mol. The van der Waals surface area contributed by atoms with Gasteiger partial charge in [-0.05, 0) is 36.5 Å². The van der Waals surface area contributed by atoms with Gasteiger partial charge in [-0.15, -0.1) is 0 Å². The van der Waals surface area contributed by atoms with Crippen LogP contribution in [-0.2, 0) is 6.54 Å². The first-order chi connectivity index (χ1) is 9.81. The van der Waals surface area contributed by atoms with Crippen LogP contribution >= 0.6 is 0 Å². The van der Waals surface area contributed by atoms with Crippen molar-refractivity contribution in [3.05, 3.63) is 30.1 Å². The van der Waals surface area contributed by atoms with Crippen LogP contribution in [0.3, 0.4) is 0 Å². The van der Waals surface area contributed by atoms with E-state index in [2.05, 4.69) is 33.8 Å². The monoisotopic (exact) mass is 273 g/mol. The van der Waals surface area contributed by atoms with E-state index in [4.69, 9.17) is 0 Å². The molecular weight excluding hydrogens is 246 g/mol. The fraction of sp³-hybridized carbons (Fsp3) is 0.706. The summed E-state index contributed by atoms with van der Waals surface area (Å²) in [7, 11) is 0. The van der Waals surface area contributed by atoms with Crippen LogP contribution in [-0.4, -0.2) is 47.0 Å². The highest BCUT2D eigenvalue weighted by Gasteiger charge is 2.27. The van der Waals surface area contributed by atoms with Crippen LogP contribution in [0.2, 0.25) is 0 Å². The molecular formula is C17H27N3. The number of aromatic nitrogens is 1. The largest absolute Gasteiger partial charge is 0.298 e. The van der Waals surface area contributed by atoms with Crippen molar-refractivity contribution in [2.75, 3.05) is 26.2 Å². The van der Waals surface area contributed by atoms with Crippen LogP contribution < -0.4 is 0 Å². The third kappa shape index (κ3) is 3.58. The molecule has 1 saturated heterocycles. The van der Waals surface area contributed by atoms with E-state index in [0.717, 1.165) is 18.5 Å². The first-order valence-corrected chi connectivity index (χ1v) is 8.16. The lowest BCUT2D eigenvalue weighted by molar-refractivity contribution is 0.0659. The Kier molecular flexibility index (Phi) is 4.69. The quantitative estimate of drug-likeness (QED) is 0.844. The van der Waals surface area contributed by atoms with Crippen LogP contribution in [0.25, 0.3) is 0 Å². The SMILES string of the molecule is C[C@@H]1CCC[C@H](N2CCN(Cc3ccncc3)CC2)C1. The molecule has 20 heavy (non-hydrogen) atoms. The first kappa shape index (κ1) is 14.0. The van der Waals surface area contributed by atoms with Gasteiger partial charge in [-0.3, -0.25) is 14.8 Å². The fourth-order valence-electron chi connectivity index (χ4n) is 3.77. The van der Waals surface area contributed by atoms with E-state index >= 15 is 0 Å². The van der Waals surface area contributed by atoms with Gasteiger partial charge in [0.25, 0.3) is 0 Å². The lowest BCUT2D eigenvalue weighted by atomic mass is 9.86. The van der Waals surface area contributed by atoms with Gasteiger partial charge in [0.15, 0.2) is 0 Å². The summed E-state index contributed by atoms with van der Waals surface area (Å²) in [6, 6.07) is 5.13. The van der Waals surface area contributed by atoms with Crippen LogP contribution in [0.1, 0.15) is 38.2 Å². The Morgan fingerprint density at radius 1 is 1.10 bits per heavy atom. The summed E-state index contributed by atoms with van der Waals surface area (Å²) in [5.41, 5.74) is 1.39. The highest BCUT2D eigenvalue weighted by molar-refractivity contribution is 5.09. The molecule has 1 aromatic rings. The van der Waals surface area contributed by atoms with Crippen LogP contribution in [0, 0.1) is 5.92 Å². The molecule has 2 aliphatic rings. The van der Waals surface area contributed by atoms with Gasteiger partial charge in [-0.1, -0.05) is 19.8 Å². The highest BCUT2D eigenvalue weighted by Crippen LogP contribution is 2.28. The molecule has 2 atom stereocenters. The Morgan fingerprint density at radius 3 is 2.55 bits per heavy atom. The normalized spacial score (nSPS) is 29.4. The lowest BCUT2D eigenvalue weighted by Gasteiger charge is -2.42. The molecule has 0 unspecified atom stereocenters. The summed E-state index contributed by atoms with van der Waals surface area (Å²) < 4.78 is 0. The topological polar surface area (TPSA) is 19.4 Å². The van der Waals surface area contributed by atoms with Crippen molar-refractivity contribution < 1.29 is 0 Å². The van der Waals surface area contributed by atoms with E-state index in [1.54, 1.807) is 0 Å². The molecule has 2 heterocycles. The molecule has 1 aromatic heterocycles. The summed E-state index contributed by atoms with van der Waals surface area (Å²) in [5.74, 6) is 0.934. The molecule has 3 heteroatoms. The number of rotatable bonds is 3. The number of piperazine rings is 1. The lowest BCUT2D eigenvalue weighted by Crippen LogP contribution is -2.50. The predicted molar refractivity (Wildman–Crippen MR) is 82.5 cm³/mol. The summed E-state index contributed by atoms with van der Waals surface area (Å²) >= 11 is 0. The van der Waals surface area contributed by atoms with Gasteiger partial charge in [0.05, 0.1) is 0 Å². The second-order valence-corrected chi connectivity index (χ2v) is 6.59. The minimum Gasteiger partial charge on any atom is -0.298 e. The van der Waals surface area contributed by atoms with E-state index in [1.165, 1.54) is 57.4 Å². The Bertz CT molecular complexity index is 398. The van der Waals surface area contributed by atoms with Crippen LogP contribution in [0.15, 0.2) is 24.5 Å². The summed E-state index contributed by atoms with van der Waals surface area (Å²) in [6.07, 6.45) is 9.52. The third-order valence-corrected chi connectivity index (χ3v) is 4.99. The van der Waals surface area contributed by atoms with Gasteiger partial charge >= 0.3 is 0 Å². The maximum Gasteiger partial charge on any atom is 0.0271 e. The van der Waals surface area contributed by atoms with Gasteiger partial charge in [0.2, 0.25) is 0 Å². The van der Waals surface area contributed by atoms with E-state index in [-0.39, 0.29) is 0 Å². The van der Waals surface area contributed by atoms with E-state index in [9.17, 15) is 0 Å². The highest BCUT2D eigenvalue weighted by atomic mass is 15.3. The maximum atomic E-state index is 4.09. The van der Waals surface area contributed by atoms with Crippen molar-refractivity contribution in [3.63, 3.8) is 0 Å². The Labute approximate surface area is 123 Å². The summed E-state index contributed by atoms with van der Waals surface area (Å²) in [5, 5.41) is 0. The predicted octanol–water partition coefficient (Wildman–Crippen LogP) is 2.78. The van der Waals surface area contributed by atoms with E-state index in [1.807, 2.05) is 12.4 Å². The van der Waals surface area contributed by atoms with Crippen molar-refractivity contribution in [1.29, 1.82) is 0 Å². The maximum absolute atomic E-state index is 4.09. The molecule has 0 N–H and O–H groups in total. The fourth-order valence-corrected chi connectivity index (χ4v) is 3.77. The smallest absolute Gasteiger partial charge is 0.0271 e. The van der Waals surface area contributed by atoms with Gasteiger partial charge in [0, 0.05) is 51.2 Å². The van der Waals surface area contributed by atoms with Gasteiger partial charge < -0.3 is 0 Å². The molecule has 110 valence electrons. The number of nitrogens with zero attached hydrogens (tertiary/aromatic N) is 3. The number of hydrogen-bond acceptors (Lipinski definition) is 3. The standard InChI is InChI=1S/C17H27N3/c1-15-3-2-4-17(13-15)20-11-9-19(10-12-20)14-16-5-7-18-8-6-16/h5-8,15,17H,2-4,9-14H2,1H3/t15-,17+/m1/s1. The molecule has 1 aliphatic heterocycles. The zero-order valence-corrected chi connectivity index (χ0v) is 12.7. The number of pyridine rings is 1. The Balaban J connectivity index is 1.47. The molecule has 0 amide bonds. The molecule has 2 fully saturated rings. The minimum absolute atomic E-state index is 0.863. The van der Waals surface area contributed by atoms with Crippen LogP contribution in [0.5, 0.6) is 0 Å². The molecule has 0 bridgehead atoms. The molecule has 0 radical (unpaired) electrons. The molecule has 0 spiro atoms. The molecule has 0 aromatic carbocycles. The van der Waals surface area contributed by atoms with Gasteiger partial charge in [-0.25, -0.2) is 0 Å². The molecule has 3 rings (SSSR count). The Morgan fingerprint density at radius 2 is 1.85 bits per heavy atom. The minimum atomic E-state index is 0.863. The van der Waals surface area contributed by atoms with E-state index in [0.29, 0.717) is 0 Å². The molecule has 1 saturated carbocycles. The van der Waals surface area contributed by atoms with Crippen molar-refractivity contribution in [1.82, 2.24) is 14.8 Å². The average Bonchev–Trinajstić information content (AvgIpc) is 2.49. The first-order valence-electron chi connectivity index (χ1n) is 8.16. The molecule has 1 aliphatic carbocycles. The summed E-state index contributed by atoms with van der Waals surface area (Å²) in [4.78, 5) is 9.42. The van der Waals surface area contributed by atoms with Crippen molar-refractivity contribution in [2.24, 2.45) is 5.92 Å². The third-order valence-electron chi connectivity index (χ3n) is 4.99. The second kappa shape index (κ2) is 6.68. The van der Waals surface area contributed by atoms with Crippen molar-refractivity contribution in [2.45, 2.75) is 45.2 Å².